The molecule has 0 aromatic carbocycles. The number of carbonyl (C=O) groups is 4. The van der Waals surface area contributed by atoms with E-state index >= 15 is 0 Å². The third-order valence-corrected chi connectivity index (χ3v) is 10.9. The number of hydrogen-bond acceptors (Lipinski definition) is 10. The van der Waals surface area contributed by atoms with E-state index in [0.717, 1.165) is 5.57 Å². The quantitative estimate of drug-likeness (QED) is 0.180. The predicted octanol–water partition coefficient (Wildman–Crippen LogP) is 2.88. The number of cyclic esters (lactones) is 1. The number of rotatable bonds is 8. The maximum Gasteiger partial charge on any atom is 0.373 e. The van der Waals surface area contributed by atoms with Crippen molar-refractivity contribution in [3.63, 3.8) is 0 Å². The Kier molecular flexibility index (Phi) is 9.67. The molecular formula is C37H44NO11+. The molecule has 2 N–H and O–H groups in total. The molecule has 12 atom stereocenters. The summed E-state index contributed by atoms with van der Waals surface area (Å²) in [6.45, 7) is 7.17. The first-order valence-electron chi connectivity index (χ1n) is 16.8. The highest BCUT2D eigenvalue weighted by molar-refractivity contribution is 5.90. The minimum atomic E-state index is -1.08. The molecule has 1 spiro atoms. The van der Waals surface area contributed by atoms with Gasteiger partial charge in [0.2, 0.25) is 6.54 Å². The van der Waals surface area contributed by atoms with Crippen LogP contribution in [0.4, 0.5) is 0 Å². The Morgan fingerprint density at radius 3 is 2.55 bits per heavy atom. The SMILES string of the molecule is CO[C@H]1C[C@H]2C=C[C@H]3[C@H]4O[C@]2(/C(C)=C/[C@@H](C)[C@@H]([C@@H](C)OC(=O)C[n+]2ccc(C(=O)O)cc2)OC1=O)[C@@H]3[C@H](O)[C@@H](C)[C@H]4OC(=O)C1=CC=CC1. The van der Waals surface area contributed by atoms with Crippen LogP contribution in [0.5, 0.6) is 0 Å². The van der Waals surface area contributed by atoms with Crippen LogP contribution in [0, 0.1) is 29.6 Å². The lowest BCUT2D eigenvalue weighted by Gasteiger charge is -2.49. The van der Waals surface area contributed by atoms with E-state index in [2.05, 4.69) is 0 Å². The summed E-state index contributed by atoms with van der Waals surface area (Å²) in [7, 11) is 1.43. The number of ether oxygens (including phenoxy) is 5. The summed E-state index contributed by atoms with van der Waals surface area (Å²) in [6.07, 6.45) is 10.3. The molecule has 5 aliphatic rings. The van der Waals surface area contributed by atoms with Crippen LogP contribution < -0.4 is 4.57 Å². The molecule has 3 aliphatic carbocycles. The molecule has 1 saturated carbocycles. The van der Waals surface area contributed by atoms with E-state index in [9.17, 15) is 24.3 Å². The van der Waals surface area contributed by atoms with Crippen LogP contribution >= 0.6 is 0 Å². The number of nitrogens with zero attached hydrogens (tertiary/aromatic N) is 1. The van der Waals surface area contributed by atoms with Gasteiger partial charge in [-0.2, -0.15) is 4.57 Å². The van der Waals surface area contributed by atoms with Crippen LogP contribution in [0.2, 0.25) is 0 Å². The highest BCUT2D eigenvalue weighted by atomic mass is 16.6. The highest BCUT2D eigenvalue weighted by Gasteiger charge is 2.69. The van der Waals surface area contributed by atoms with E-state index in [1.165, 1.54) is 36.2 Å². The van der Waals surface area contributed by atoms with Crippen molar-refractivity contribution in [1.29, 1.82) is 0 Å². The topological polar surface area (TPSA) is 159 Å². The number of allylic oxidation sites excluding steroid dienone is 3. The lowest BCUT2D eigenvalue weighted by atomic mass is 9.57. The molecule has 0 unspecified atom stereocenters. The molecule has 1 saturated heterocycles. The molecule has 2 fully saturated rings. The van der Waals surface area contributed by atoms with Gasteiger partial charge in [0.05, 0.1) is 11.7 Å². The van der Waals surface area contributed by atoms with Crippen LogP contribution in [-0.2, 0) is 44.6 Å². The normalized spacial score (nSPS) is 38.0. The van der Waals surface area contributed by atoms with Gasteiger partial charge in [-0.05, 0) is 32.3 Å². The Morgan fingerprint density at radius 1 is 1.16 bits per heavy atom. The monoisotopic (exact) mass is 678 g/mol. The standard InChI is InChI=1S/C37H43NO11/c1-19-16-20(2)37-25(10-11-26-29(37)30(40)21(3)32(33(26)49-37)48-35(43)24-8-6-7-9-24)17-27(45-5)36(44)47-31(19)22(4)46-28(39)18-38-14-12-23(13-15-38)34(41)42/h6-8,10-16,19,21-22,25-27,29-33,40H,9,17-18H2,1-5H3/p+1/b20-16+/t19-,21-,22-,25-,26-,27+,29+,30-,31+,32-,33-,37+/m1/s1. The molecule has 3 heterocycles. The van der Waals surface area contributed by atoms with Crippen molar-refractivity contribution >= 4 is 23.9 Å². The van der Waals surface area contributed by atoms with Crippen molar-refractivity contribution < 1.29 is 57.6 Å². The average Bonchev–Trinajstić information content (AvgIpc) is 3.67. The number of pyridine rings is 1. The van der Waals surface area contributed by atoms with Gasteiger partial charge in [0, 0.05) is 54.4 Å². The third kappa shape index (κ3) is 6.26. The minimum absolute atomic E-state index is 0.0875. The largest absolute Gasteiger partial charge is 0.478 e. The Balaban J connectivity index is 1.28. The second-order valence-electron chi connectivity index (χ2n) is 13.8. The Bertz CT molecular complexity index is 1610. The zero-order chi connectivity index (χ0) is 35.2. The van der Waals surface area contributed by atoms with Crippen molar-refractivity contribution in [2.45, 2.75) is 89.3 Å². The number of carbonyl (C=O) groups excluding carboxylic acids is 3. The zero-order valence-corrected chi connectivity index (χ0v) is 28.3. The molecule has 4 bridgehead atoms. The summed E-state index contributed by atoms with van der Waals surface area (Å²) in [5, 5.41) is 21.1. The van der Waals surface area contributed by atoms with E-state index in [4.69, 9.17) is 28.8 Å². The first-order chi connectivity index (χ1) is 23.3. The van der Waals surface area contributed by atoms with Crippen LogP contribution in [-0.4, -0.2) is 83.4 Å². The fourth-order valence-corrected chi connectivity index (χ4v) is 8.45. The molecule has 0 radical (unpaired) electrons. The number of carboxylic acids is 1. The summed E-state index contributed by atoms with van der Waals surface area (Å²) >= 11 is 0. The van der Waals surface area contributed by atoms with Crippen molar-refractivity contribution in [3.05, 3.63) is 77.7 Å². The smallest absolute Gasteiger partial charge is 0.373 e. The number of aromatic nitrogens is 1. The summed E-state index contributed by atoms with van der Waals surface area (Å²) in [4.78, 5) is 50.9. The van der Waals surface area contributed by atoms with Crippen molar-refractivity contribution in [3.8, 4) is 0 Å². The van der Waals surface area contributed by atoms with Crippen LogP contribution in [0.25, 0.3) is 0 Å². The molecule has 12 nitrogen and oxygen atoms in total. The first kappa shape index (κ1) is 34.7. The summed E-state index contributed by atoms with van der Waals surface area (Å²) in [5.74, 6) is -4.56. The Labute approximate surface area is 285 Å². The fraction of sp³-hybridized carbons (Fsp3) is 0.541. The second kappa shape index (κ2) is 13.6. The second-order valence-corrected chi connectivity index (χ2v) is 13.8. The Hall–Kier alpha value is -4.13. The summed E-state index contributed by atoms with van der Waals surface area (Å²) < 4.78 is 32.1. The number of methoxy groups -OCH3 is 1. The predicted molar refractivity (Wildman–Crippen MR) is 171 cm³/mol. The molecule has 1 aromatic rings. The molecule has 12 heteroatoms. The lowest BCUT2D eigenvalue weighted by molar-refractivity contribution is -0.686. The molecule has 262 valence electrons. The van der Waals surface area contributed by atoms with E-state index in [-0.39, 0.29) is 36.3 Å². The van der Waals surface area contributed by atoms with Crippen LogP contribution in [0.15, 0.2) is 72.1 Å². The van der Waals surface area contributed by atoms with Crippen LogP contribution in [0.1, 0.15) is 50.9 Å². The maximum absolute atomic E-state index is 13.6. The number of aliphatic hydroxyl groups excluding tert-OH is 1. The summed E-state index contributed by atoms with van der Waals surface area (Å²) in [6, 6.07) is 2.77. The van der Waals surface area contributed by atoms with Gasteiger partial charge in [-0.15, -0.1) is 0 Å². The highest BCUT2D eigenvalue weighted by Crippen LogP contribution is 2.61. The minimum Gasteiger partial charge on any atom is -0.478 e. The van der Waals surface area contributed by atoms with Gasteiger partial charge in [-0.1, -0.05) is 50.3 Å². The van der Waals surface area contributed by atoms with Crippen LogP contribution in [0.3, 0.4) is 0 Å². The van der Waals surface area contributed by atoms with Gasteiger partial charge in [-0.25, -0.2) is 19.2 Å². The van der Waals surface area contributed by atoms with Gasteiger partial charge in [0.1, 0.15) is 30.0 Å². The number of aromatic carboxylic acids is 1. The van der Waals surface area contributed by atoms with E-state index in [1.54, 1.807) is 13.0 Å². The van der Waals surface area contributed by atoms with Gasteiger partial charge in [0.25, 0.3) is 0 Å². The van der Waals surface area contributed by atoms with Gasteiger partial charge in [-0.3, -0.25) is 0 Å². The van der Waals surface area contributed by atoms with E-state index in [0.29, 0.717) is 12.0 Å². The molecule has 1 aromatic heterocycles. The zero-order valence-electron chi connectivity index (χ0n) is 28.3. The molecule has 6 rings (SSSR count). The van der Waals surface area contributed by atoms with Crippen molar-refractivity contribution in [1.82, 2.24) is 0 Å². The first-order valence-corrected chi connectivity index (χ1v) is 16.8. The van der Waals surface area contributed by atoms with E-state index in [1.807, 2.05) is 51.2 Å². The molecule has 49 heavy (non-hydrogen) atoms. The lowest BCUT2D eigenvalue weighted by Crippen LogP contribution is -2.57. The average molecular weight is 679 g/mol. The number of carboxylic acid groups (broad SMARTS) is 1. The third-order valence-electron chi connectivity index (χ3n) is 10.9. The molecule has 2 aliphatic heterocycles. The van der Waals surface area contributed by atoms with Gasteiger partial charge < -0.3 is 33.9 Å². The van der Waals surface area contributed by atoms with Crippen molar-refractivity contribution in [2.75, 3.05) is 7.11 Å². The van der Waals surface area contributed by atoms with Crippen molar-refractivity contribution in [2.24, 2.45) is 29.6 Å². The fourth-order valence-electron chi connectivity index (χ4n) is 8.45. The summed E-state index contributed by atoms with van der Waals surface area (Å²) in [5.41, 5.74) is 0.443. The van der Waals surface area contributed by atoms with Gasteiger partial charge >= 0.3 is 23.9 Å². The number of esters is 3. The van der Waals surface area contributed by atoms with Gasteiger partial charge in [0.15, 0.2) is 18.5 Å². The molecular weight excluding hydrogens is 634 g/mol. The molecule has 0 amide bonds. The van der Waals surface area contributed by atoms with E-state index < -0.39 is 77.9 Å². The Morgan fingerprint density at radius 2 is 1.90 bits per heavy atom. The maximum atomic E-state index is 13.6. The number of hydrogen-bond donors (Lipinski definition) is 2. The number of aliphatic hydroxyl groups is 1.